The van der Waals surface area contributed by atoms with E-state index in [1.807, 2.05) is 45.1 Å². The largest absolute Gasteiger partial charge is 0.300 e. The van der Waals surface area contributed by atoms with Crippen LogP contribution in [0.25, 0.3) is 0 Å². The average molecular weight is 194 g/mol. The van der Waals surface area contributed by atoms with Crippen LogP contribution in [0.15, 0.2) is 37.0 Å². The summed E-state index contributed by atoms with van der Waals surface area (Å²) in [4.78, 5) is 10.4. The van der Waals surface area contributed by atoms with Gasteiger partial charge in [-0.15, -0.1) is 0 Å². The van der Waals surface area contributed by atoms with E-state index in [2.05, 4.69) is 6.58 Å². The van der Waals surface area contributed by atoms with Crippen molar-refractivity contribution in [1.29, 1.82) is 0 Å². The summed E-state index contributed by atoms with van der Waals surface area (Å²) in [7, 11) is 0. The monoisotopic (exact) mass is 194 g/mol. The van der Waals surface area contributed by atoms with Crippen molar-refractivity contribution in [3.63, 3.8) is 0 Å². The molecule has 0 unspecified atom stereocenters. The third-order valence-electron chi connectivity index (χ3n) is 1.47. The van der Waals surface area contributed by atoms with Crippen LogP contribution in [-0.2, 0) is 4.79 Å². The third-order valence-corrected chi connectivity index (χ3v) is 1.47. The Balaban J connectivity index is 0. The summed E-state index contributed by atoms with van der Waals surface area (Å²) in [6.45, 7) is 9.41. The van der Waals surface area contributed by atoms with Crippen LogP contribution in [0.3, 0.4) is 0 Å². The summed E-state index contributed by atoms with van der Waals surface area (Å²) in [5, 5.41) is 0. The van der Waals surface area contributed by atoms with Gasteiger partial charge in [-0.3, -0.25) is 4.79 Å². The van der Waals surface area contributed by atoms with Gasteiger partial charge in [0.15, 0.2) is 0 Å². The average Bonchev–Trinajstić information content (AvgIpc) is 2.20. The lowest BCUT2D eigenvalue weighted by molar-refractivity contribution is -0.118. The van der Waals surface area contributed by atoms with Crippen molar-refractivity contribution < 1.29 is 4.79 Å². The van der Waals surface area contributed by atoms with E-state index in [1.54, 1.807) is 6.08 Å². The van der Waals surface area contributed by atoms with Crippen LogP contribution in [0.5, 0.6) is 0 Å². The third kappa shape index (κ3) is 17.1. The van der Waals surface area contributed by atoms with Gasteiger partial charge in [-0.25, -0.2) is 0 Å². The SMILES string of the molecule is C=C/C=C\C=C/C.CCCC(=O)CC. The molecule has 0 rings (SSSR count). The summed E-state index contributed by atoms with van der Waals surface area (Å²) < 4.78 is 0. The Morgan fingerprint density at radius 3 is 2.14 bits per heavy atom. The summed E-state index contributed by atoms with van der Waals surface area (Å²) in [6.07, 6.45) is 12.0. The van der Waals surface area contributed by atoms with Gasteiger partial charge in [-0.1, -0.05) is 50.8 Å². The highest BCUT2D eigenvalue weighted by molar-refractivity contribution is 5.77. The van der Waals surface area contributed by atoms with Crippen molar-refractivity contribution in [2.45, 2.75) is 40.0 Å². The molecule has 0 atom stereocenters. The first-order valence-corrected chi connectivity index (χ1v) is 5.14. The van der Waals surface area contributed by atoms with Crippen LogP contribution < -0.4 is 0 Å². The fourth-order valence-electron chi connectivity index (χ4n) is 0.709. The van der Waals surface area contributed by atoms with Crippen LogP contribution in [0, 0.1) is 0 Å². The molecule has 0 bridgehead atoms. The van der Waals surface area contributed by atoms with E-state index >= 15 is 0 Å². The minimum absolute atomic E-state index is 0.377. The van der Waals surface area contributed by atoms with Crippen molar-refractivity contribution in [2.24, 2.45) is 0 Å². The molecule has 0 aromatic rings. The Morgan fingerprint density at radius 1 is 1.21 bits per heavy atom. The fraction of sp³-hybridized carbons (Fsp3) is 0.462. The molecule has 0 aliphatic rings. The molecule has 0 N–H and O–H groups in total. The van der Waals surface area contributed by atoms with E-state index in [-0.39, 0.29) is 0 Å². The van der Waals surface area contributed by atoms with Crippen molar-refractivity contribution in [2.75, 3.05) is 0 Å². The normalized spacial score (nSPS) is 9.93. The van der Waals surface area contributed by atoms with Gasteiger partial charge in [0, 0.05) is 12.8 Å². The minimum Gasteiger partial charge on any atom is -0.300 e. The second kappa shape index (κ2) is 14.4. The molecule has 0 aliphatic heterocycles. The molecule has 0 aromatic heterocycles. The van der Waals surface area contributed by atoms with Gasteiger partial charge >= 0.3 is 0 Å². The van der Waals surface area contributed by atoms with Crippen molar-refractivity contribution in [1.82, 2.24) is 0 Å². The Labute approximate surface area is 88.2 Å². The summed E-state index contributed by atoms with van der Waals surface area (Å²) in [6, 6.07) is 0. The zero-order chi connectivity index (χ0) is 11.2. The summed E-state index contributed by atoms with van der Waals surface area (Å²) in [5.74, 6) is 0.377. The molecule has 0 fully saturated rings. The number of carbonyl (C=O) groups excluding carboxylic acids is 1. The van der Waals surface area contributed by atoms with E-state index in [4.69, 9.17) is 0 Å². The molecule has 0 spiro atoms. The molecule has 80 valence electrons. The van der Waals surface area contributed by atoms with Gasteiger partial charge in [0.25, 0.3) is 0 Å². The second-order valence-electron chi connectivity index (χ2n) is 2.79. The molecule has 14 heavy (non-hydrogen) atoms. The van der Waals surface area contributed by atoms with Gasteiger partial charge < -0.3 is 0 Å². The highest BCUT2D eigenvalue weighted by Gasteiger charge is 1.91. The molecule has 0 aliphatic carbocycles. The van der Waals surface area contributed by atoms with Crippen LogP contribution >= 0.6 is 0 Å². The Kier molecular flexibility index (Phi) is 15.8. The molecule has 1 heteroatoms. The molecule has 0 saturated carbocycles. The van der Waals surface area contributed by atoms with Crippen molar-refractivity contribution in [3.05, 3.63) is 37.0 Å². The zero-order valence-electron chi connectivity index (χ0n) is 9.62. The van der Waals surface area contributed by atoms with Crippen LogP contribution in [0.1, 0.15) is 40.0 Å². The highest BCUT2D eigenvalue weighted by atomic mass is 16.1. The van der Waals surface area contributed by atoms with E-state index in [1.165, 1.54) is 0 Å². The molecular formula is C13H22O. The number of hydrogen-bond acceptors (Lipinski definition) is 1. The lowest BCUT2D eigenvalue weighted by Crippen LogP contribution is -1.91. The maximum Gasteiger partial charge on any atom is 0.132 e. The van der Waals surface area contributed by atoms with Gasteiger partial charge in [0.2, 0.25) is 0 Å². The second-order valence-corrected chi connectivity index (χ2v) is 2.79. The fourth-order valence-corrected chi connectivity index (χ4v) is 0.709. The van der Waals surface area contributed by atoms with Crippen molar-refractivity contribution in [3.8, 4) is 0 Å². The molecule has 0 saturated heterocycles. The minimum atomic E-state index is 0.377. The van der Waals surface area contributed by atoms with Crippen molar-refractivity contribution >= 4 is 5.78 Å². The topological polar surface area (TPSA) is 17.1 Å². The predicted octanol–water partition coefficient (Wildman–Crippen LogP) is 4.07. The molecular weight excluding hydrogens is 172 g/mol. The van der Waals surface area contributed by atoms with E-state index in [0.29, 0.717) is 12.2 Å². The standard InChI is InChI=1S/C7H10.C6H12O/c1-3-5-7-6-4-2;1-3-5-6(7)4-2/h3-7H,1H2,2H3;3-5H2,1-2H3/b6-4-,7-5-;. The predicted molar refractivity (Wildman–Crippen MR) is 64.4 cm³/mol. The maximum absolute atomic E-state index is 10.4. The van der Waals surface area contributed by atoms with E-state index < -0.39 is 0 Å². The smallest absolute Gasteiger partial charge is 0.132 e. The quantitative estimate of drug-likeness (QED) is 0.603. The number of allylic oxidation sites excluding steroid dienone is 5. The van der Waals surface area contributed by atoms with E-state index in [0.717, 1.165) is 12.8 Å². The molecule has 0 heterocycles. The number of carbonyl (C=O) groups is 1. The first-order valence-electron chi connectivity index (χ1n) is 5.14. The van der Waals surface area contributed by atoms with Crippen LogP contribution in [0.2, 0.25) is 0 Å². The first-order chi connectivity index (χ1) is 6.72. The maximum atomic E-state index is 10.4. The van der Waals surface area contributed by atoms with Crippen LogP contribution in [0.4, 0.5) is 0 Å². The lowest BCUT2D eigenvalue weighted by atomic mass is 10.2. The number of Topliss-reactive ketones (excluding diaryl/α,β-unsaturated/α-hetero) is 1. The Morgan fingerprint density at radius 2 is 1.86 bits per heavy atom. The highest BCUT2D eigenvalue weighted by Crippen LogP contribution is 1.90. The van der Waals surface area contributed by atoms with Gasteiger partial charge in [0.05, 0.1) is 0 Å². The summed E-state index contributed by atoms with van der Waals surface area (Å²) >= 11 is 0. The van der Waals surface area contributed by atoms with Gasteiger partial charge in [-0.05, 0) is 13.3 Å². The number of ketones is 1. The van der Waals surface area contributed by atoms with Gasteiger partial charge in [0.1, 0.15) is 5.78 Å². The molecule has 0 radical (unpaired) electrons. The zero-order valence-corrected chi connectivity index (χ0v) is 9.62. The molecule has 1 nitrogen and oxygen atoms in total. The Hall–Kier alpha value is -1.11. The van der Waals surface area contributed by atoms with Gasteiger partial charge in [-0.2, -0.15) is 0 Å². The lowest BCUT2D eigenvalue weighted by Gasteiger charge is -1.87. The van der Waals surface area contributed by atoms with Crippen LogP contribution in [-0.4, -0.2) is 5.78 Å². The number of rotatable bonds is 5. The molecule has 0 amide bonds. The Bertz CT molecular complexity index is 187. The van der Waals surface area contributed by atoms with E-state index in [9.17, 15) is 4.79 Å². The first kappa shape index (κ1) is 15.4. The number of hydrogen-bond donors (Lipinski definition) is 0. The summed E-state index contributed by atoms with van der Waals surface area (Å²) in [5.41, 5.74) is 0. The molecule has 0 aromatic carbocycles.